The van der Waals surface area contributed by atoms with Crippen molar-refractivity contribution in [2.75, 3.05) is 32.2 Å². The van der Waals surface area contributed by atoms with Gasteiger partial charge < -0.3 is 15.4 Å². The Kier molecular flexibility index (Phi) is 9.70. The number of benzene rings is 1. The summed E-state index contributed by atoms with van der Waals surface area (Å²) in [6.07, 6.45) is 4.34. The van der Waals surface area contributed by atoms with Crippen LogP contribution in [-0.4, -0.2) is 46.6 Å². The maximum absolute atomic E-state index is 11.1. The number of halogens is 1. The second kappa shape index (κ2) is 11.0. The smallest absolute Gasteiger partial charge is 0.191 e. The summed E-state index contributed by atoms with van der Waals surface area (Å²) in [7, 11) is -1.22. The van der Waals surface area contributed by atoms with Gasteiger partial charge in [0.25, 0.3) is 0 Å². The maximum Gasteiger partial charge on any atom is 0.191 e. The van der Waals surface area contributed by atoms with Crippen LogP contribution in [0.5, 0.6) is 5.75 Å². The fraction of sp³-hybridized carbons (Fsp3) is 0.611. The zero-order valence-corrected chi connectivity index (χ0v) is 18.9. The molecule has 8 heteroatoms. The molecule has 26 heavy (non-hydrogen) atoms. The number of aliphatic imine (C=N–C) groups is 1. The number of ether oxygens (including phenoxy) is 1. The minimum Gasteiger partial charge on any atom is -0.493 e. The van der Waals surface area contributed by atoms with Crippen LogP contribution in [0.2, 0.25) is 0 Å². The molecule has 0 unspecified atom stereocenters. The van der Waals surface area contributed by atoms with Gasteiger partial charge in [-0.2, -0.15) is 0 Å². The van der Waals surface area contributed by atoms with Gasteiger partial charge in [0.1, 0.15) is 15.6 Å². The molecule has 1 aromatic rings. The normalized spacial score (nSPS) is 14.5. The van der Waals surface area contributed by atoms with Crippen LogP contribution in [0.3, 0.4) is 0 Å². The van der Waals surface area contributed by atoms with Gasteiger partial charge in [-0.1, -0.05) is 12.1 Å². The Bertz CT molecular complexity index is 704. The van der Waals surface area contributed by atoms with Gasteiger partial charge >= 0.3 is 0 Å². The van der Waals surface area contributed by atoms with Gasteiger partial charge in [-0.05, 0) is 43.7 Å². The highest BCUT2D eigenvalue weighted by Crippen LogP contribution is 2.30. The molecule has 0 heterocycles. The molecule has 1 aliphatic rings. The number of aryl methyl sites for hydroxylation is 1. The standard InChI is InChI=1S/C18H29N3O3S.HI/c1-14-5-8-16(17(11-14)24-13-15-6-7-15)12-21-18(19-2)20-9-4-10-25(3,22)23;/h5,8,11,15H,4,6-7,9-10,12-13H2,1-3H3,(H2,19,20,21);1H. The summed E-state index contributed by atoms with van der Waals surface area (Å²) >= 11 is 0. The third-order valence-corrected chi connectivity index (χ3v) is 5.08. The Morgan fingerprint density at radius 3 is 2.65 bits per heavy atom. The summed E-state index contributed by atoms with van der Waals surface area (Å²) < 4.78 is 28.3. The molecule has 0 radical (unpaired) electrons. The average molecular weight is 495 g/mol. The maximum atomic E-state index is 11.1. The van der Waals surface area contributed by atoms with Crippen molar-refractivity contribution >= 4 is 39.8 Å². The first-order chi connectivity index (χ1) is 11.9. The van der Waals surface area contributed by atoms with Crippen molar-refractivity contribution < 1.29 is 13.2 Å². The fourth-order valence-corrected chi connectivity index (χ4v) is 3.04. The second-order valence-corrected chi connectivity index (χ2v) is 8.96. The van der Waals surface area contributed by atoms with Crippen LogP contribution >= 0.6 is 24.0 Å². The SMILES string of the molecule is CN=C(NCCCS(C)(=O)=O)NCc1ccc(C)cc1OCC1CC1.I. The predicted molar refractivity (Wildman–Crippen MR) is 117 cm³/mol. The van der Waals surface area contributed by atoms with Crippen molar-refractivity contribution in [1.29, 1.82) is 0 Å². The number of hydrogen-bond donors (Lipinski definition) is 2. The largest absolute Gasteiger partial charge is 0.493 e. The van der Waals surface area contributed by atoms with Gasteiger partial charge in [0.15, 0.2) is 5.96 Å². The first kappa shape index (κ1) is 23.0. The minimum absolute atomic E-state index is 0. The van der Waals surface area contributed by atoms with E-state index in [4.69, 9.17) is 4.74 Å². The van der Waals surface area contributed by atoms with Crippen molar-refractivity contribution in [2.24, 2.45) is 10.9 Å². The van der Waals surface area contributed by atoms with Gasteiger partial charge in [-0.15, -0.1) is 24.0 Å². The molecule has 1 saturated carbocycles. The first-order valence-corrected chi connectivity index (χ1v) is 10.8. The summed E-state index contributed by atoms with van der Waals surface area (Å²) in [5, 5.41) is 6.39. The van der Waals surface area contributed by atoms with Gasteiger partial charge in [0, 0.05) is 32.0 Å². The van der Waals surface area contributed by atoms with E-state index >= 15 is 0 Å². The molecule has 0 spiro atoms. The Morgan fingerprint density at radius 2 is 2.04 bits per heavy atom. The number of sulfone groups is 1. The monoisotopic (exact) mass is 495 g/mol. The van der Waals surface area contributed by atoms with Crippen LogP contribution < -0.4 is 15.4 Å². The molecular weight excluding hydrogens is 465 g/mol. The molecule has 0 saturated heterocycles. The molecule has 0 atom stereocenters. The Morgan fingerprint density at radius 1 is 1.31 bits per heavy atom. The predicted octanol–water partition coefficient (Wildman–Crippen LogP) is 2.50. The van der Waals surface area contributed by atoms with E-state index in [0.717, 1.165) is 17.9 Å². The van der Waals surface area contributed by atoms with Crippen molar-refractivity contribution in [2.45, 2.75) is 32.7 Å². The summed E-state index contributed by atoms with van der Waals surface area (Å²) in [5.41, 5.74) is 2.27. The summed E-state index contributed by atoms with van der Waals surface area (Å²) in [6, 6.07) is 6.21. The van der Waals surface area contributed by atoms with E-state index in [2.05, 4.69) is 40.7 Å². The lowest BCUT2D eigenvalue weighted by Crippen LogP contribution is -2.37. The average Bonchev–Trinajstić information content (AvgIpc) is 3.37. The van der Waals surface area contributed by atoms with Gasteiger partial charge in [-0.3, -0.25) is 4.99 Å². The zero-order chi connectivity index (χ0) is 18.3. The molecule has 1 aliphatic carbocycles. The molecule has 0 bridgehead atoms. The van der Waals surface area contributed by atoms with E-state index in [0.29, 0.717) is 31.4 Å². The van der Waals surface area contributed by atoms with E-state index in [9.17, 15) is 8.42 Å². The Labute approximate surface area is 174 Å². The number of rotatable bonds is 9. The van der Waals surface area contributed by atoms with Crippen molar-refractivity contribution in [1.82, 2.24) is 10.6 Å². The molecule has 1 fully saturated rings. The van der Waals surface area contributed by atoms with E-state index < -0.39 is 9.84 Å². The third kappa shape index (κ3) is 9.07. The van der Waals surface area contributed by atoms with Crippen LogP contribution in [-0.2, 0) is 16.4 Å². The highest BCUT2D eigenvalue weighted by atomic mass is 127. The first-order valence-electron chi connectivity index (χ1n) is 8.72. The number of nitrogens with zero attached hydrogens (tertiary/aromatic N) is 1. The van der Waals surface area contributed by atoms with E-state index in [1.165, 1.54) is 24.7 Å². The second-order valence-electron chi connectivity index (χ2n) is 6.70. The van der Waals surface area contributed by atoms with Crippen LogP contribution in [0.15, 0.2) is 23.2 Å². The minimum atomic E-state index is -2.92. The van der Waals surface area contributed by atoms with E-state index in [-0.39, 0.29) is 29.7 Å². The quantitative estimate of drug-likeness (QED) is 0.238. The highest BCUT2D eigenvalue weighted by molar-refractivity contribution is 14.0. The van der Waals surface area contributed by atoms with Crippen molar-refractivity contribution in [3.8, 4) is 5.75 Å². The van der Waals surface area contributed by atoms with Crippen LogP contribution in [0, 0.1) is 12.8 Å². The highest BCUT2D eigenvalue weighted by Gasteiger charge is 2.22. The fourth-order valence-electron chi connectivity index (χ4n) is 2.38. The lowest BCUT2D eigenvalue weighted by atomic mass is 10.1. The molecule has 0 aromatic heterocycles. The topological polar surface area (TPSA) is 79.8 Å². The molecule has 0 aliphatic heterocycles. The van der Waals surface area contributed by atoms with Gasteiger partial charge in [0.2, 0.25) is 0 Å². The molecule has 2 N–H and O–H groups in total. The third-order valence-electron chi connectivity index (χ3n) is 4.05. The van der Waals surface area contributed by atoms with E-state index in [1.807, 2.05) is 0 Å². The molecule has 6 nitrogen and oxygen atoms in total. The Balaban J connectivity index is 0.00000338. The molecule has 148 valence electrons. The lowest BCUT2D eigenvalue weighted by Gasteiger charge is -2.15. The van der Waals surface area contributed by atoms with Crippen molar-refractivity contribution in [3.05, 3.63) is 29.3 Å². The van der Waals surface area contributed by atoms with Crippen LogP contribution in [0.25, 0.3) is 0 Å². The van der Waals surface area contributed by atoms with Gasteiger partial charge in [0.05, 0.1) is 12.4 Å². The lowest BCUT2D eigenvalue weighted by molar-refractivity contribution is 0.296. The molecule has 0 amide bonds. The summed E-state index contributed by atoms with van der Waals surface area (Å²) in [6.45, 7) is 4.01. The van der Waals surface area contributed by atoms with Crippen molar-refractivity contribution in [3.63, 3.8) is 0 Å². The summed E-state index contributed by atoms with van der Waals surface area (Å²) in [4.78, 5) is 4.17. The molecule has 1 aromatic carbocycles. The van der Waals surface area contributed by atoms with E-state index in [1.54, 1.807) is 7.05 Å². The zero-order valence-electron chi connectivity index (χ0n) is 15.7. The number of nitrogens with one attached hydrogen (secondary N) is 2. The van der Waals surface area contributed by atoms with Gasteiger partial charge in [-0.25, -0.2) is 8.42 Å². The summed E-state index contributed by atoms with van der Waals surface area (Å²) in [5.74, 6) is 2.47. The number of hydrogen-bond acceptors (Lipinski definition) is 4. The number of guanidine groups is 1. The molecule has 2 rings (SSSR count). The van der Waals surface area contributed by atoms with Crippen LogP contribution in [0.4, 0.5) is 0 Å². The molecular formula is C18H30IN3O3S. The van der Waals surface area contributed by atoms with Crippen LogP contribution in [0.1, 0.15) is 30.4 Å². The Hall–Kier alpha value is -1.03.